The third kappa shape index (κ3) is 2.63. The van der Waals surface area contributed by atoms with Crippen molar-refractivity contribution in [2.24, 2.45) is 5.73 Å². The Kier molecular flexibility index (Phi) is 4.16. The van der Waals surface area contributed by atoms with Gasteiger partial charge in [-0.1, -0.05) is 23.8 Å². The van der Waals surface area contributed by atoms with Crippen molar-refractivity contribution in [3.05, 3.63) is 29.3 Å². The zero-order chi connectivity index (χ0) is 13.1. The normalized spacial score (nSPS) is 19.9. The fourth-order valence-electron chi connectivity index (χ4n) is 2.22. The molecular weight excluding hydrogens is 248 g/mol. The Labute approximate surface area is 112 Å². The summed E-state index contributed by atoms with van der Waals surface area (Å²) in [5.74, 6) is 0. The highest BCUT2D eigenvalue weighted by molar-refractivity contribution is 7.80. The van der Waals surface area contributed by atoms with Gasteiger partial charge in [-0.05, 0) is 19.1 Å². The number of morpholine rings is 1. The molecule has 0 amide bonds. The van der Waals surface area contributed by atoms with Crippen LogP contribution < -0.4 is 10.6 Å². The average molecular weight is 266 g/mol. The number of rotatable bonds is 3. The summed E-state index contributed by atoms with van der Waals surface area (Å²) in [4.78, 5) is 2.51. The van der Waals surface area contributed by atoms with E-state index in [1.165, 1.54) is 0 Å². The predicted molar refractivity (Wildman–Crippen MR) is 76.1 cm³/mol. The molecule has 2 rings (SSSR count). The van der Waals surface area contributed by atoms with Crippen LogP contribution in [0, 0.1) is 6.92 Å². The molecule has 1 aliphatic heterocycles. The fourth-order valence-corrected chi connectivity index (χ4v) is 2.38. The number of hydrogen-bond donors (Lipinski definition) is 2. The van der Waals surface area contributed by atoms with Crippen LogP contribution in [0.15, 0.2) is 18.2 Å². The summed E-state index contributed by atoms with van der Waals surface area (Å²) < 4.78 is 5.38. The quantitative estimate of drug-likeness (QED) is 0.794. The minimum Gasteiger partial charge on any atom is -0.394 e. The largest absolute Gasteiger partial charge is 0.394 e. The highest BCUT2D eigenvalue weighted by atomic mass is 32.1. The summed E-state index contributed by atoms with van der Waals surface area (Å²) in [7, 11) is 0. The average Bonchev–Trinajstić information content (AvgIpc) is 2.38. The van der Waals surface area contributed by atoms with E-state index in [0.29, 0.717) is 18.2 Å². The highest BCUT2D eigenvalue weighted by Gasteiger charge is 2.24. The van der Waals surface area contributed by atoms with Crippen LogP contribution in [0.2, 0.25) is 0 Å². The van der Waals surface area contributed by atoms with Gasteiger partial charge in [0.1, 0.15) is 4.99 Å². The number of benzene rings is 1. The van der Waals surface area contributed by atoms with E-state index in [1.54, 1.807) is 0 Å². The molecule has 1 fully saturated rings. The van der Waals surface area contributed by atoms with E-state index in [0.717, 1.165) is 23.4 Å². The Morgan fingerprint density at radius 2 is 2.39 bits per heavy atom. The Morgan fingerprint density at radius 3 is 3.06 bits per heavy atom. The lowest BCUT2D eigenvalue weighted by Crippen LogP contribution is -2.48. The van der Waals surface area contributed by atoms with E-state index in [-0.39, 0.29) is 12.6 Å². The number of aryl methyl sites for hydroxylation is 1. The van der Waals surface area contributed by atoms with E-state index in [9.17, 15) is 5.11 Å². The second-order valence-corrected chi connectivity index (χ2v) is 4.93. The van der Waals surface area contributed by atoms with Gasteiger partial charge in [-0.3, -0.25) is 0 Å². The van der Waals surface area contributed by atoms with Crippen molar-refractivity contribution in [2.75, 3.05) is 31.3 Å². The number of anilines is 1. The summed E-state index contributed by atoms with van der Waals surface area (Å²) in [6, 6.07) is 6.00. The van der Waals surface area contributed by atoms with Crippen molar-refractivity contribution in [1.82, 2.24) is 0 Å². The summed E-state index contributed by atoms with van der Waals surface area (Å²) >= 11 is 5.11. The van der Waals surface area contributed by atoms with Crippen molar-refractivity contribution in [1.29, 1.82) is 0 Å². The number of ether oxygens (including phenoxy) is 1. The lowest BCUT2D eigenvalue weighted by atomic mass is 10.1. The van der Waals surface area contributed by atoms with Crippen molar-refractivity contribution in [3.8, 4) is 0 Å². The smallest absolute Gasteiger partial charge is 0.106 e. The van der Waals surface area contributed by atoms with Gasteiger partial charge in [-0.25, -0.2) is 0 Å². The molecule has 3 N–H and O–H groups in total. The molecule has 0 aromatic heterocycles. The van der Waals surface area contributed by atoms with Crippen molar-refractivity contribution >= 4 is 22.9 Å². The maximum Gasteiger partial charge on any atom is 0.106 e. The predicted octanol–water partition coefficient (Wildman–Crippen LogP) is 0.827. The van der Waals surface area contributed by atoms with Gasteiger partial charge in [0.25, 0.3) is 0 Å². The van der Waals surface area contributed by atoms with Crippen LogP contribution in [0.5, 0.6) is 0 Å². The van der Waals surface area contributed by atoms with Crippen LogP contribution in [0.25, 0.3) is 0 Å². The molecule has 1 saturated heterocycles. The first-order valence-electron chi connectivity index (χ1n) is 5.99. The third-order valence-electron chi connectivity index (χ3n) is 3.17. The second-order valence-electron chi connectivity index (χ2n) is 4.49. The lowest BCUT2D eigenvalue weighted by molar-refractivity contribution is 0.0727. The topological polar surface area (TPSA) is 58.7 Å². The minimum absolute atomic E-state index is 0.0328. The first-order chi connectivity index (χ1) is 8.63. The number of aliphatic hydroxyl groups excluding tert-OH is 1. The molecule has 1 aromatic carbocycles. The van der Waals surface area contributed by atoms with E-state index in [4.69, 9.17) is 22.7 Å². The van der Waals surface area contributed by atoms with E-state index < -0.39 is 0 Å². The number of aliphatic hydroxyl groups is 1. The molecular formula is C13H18N2O2S. The zero-order valence-corrected chi connectivity index (χ0v) is 11.2. The Hall–Kier alpha value is -1.17. The first-order valence-corrected chi connectivity index (χ1v) is 6.40. The van der Waals surface area contributed by atoms with Gasteiger partial charge in [0.15, 0.2) is 0 Å². The molecule has 98 valence electrons. The Balaban J connectivity index is 2.39. The Morgan fingerprint density at radius 1 is 1.61 bits per heavy atom. The Bertz CT molecular complexity index is 451. The molecule has 0 saturated carbocycles. The summed E-state index contributed by atoms with van der Waals surface area (Å²) in [6.07, 6.45) is 0. The summed E-state index contributed by atoms with van der Waals surface area (Å²) in [5, 5.41) is 9.42. The zero-order valence-electron chi connectivity index (χ0n) is 10.4. The standard InChI is InChI=1S/C13H18N2O2S/c1-9-2-3-12(11(6-9)13(14)18)15-4-5-17-8-10(15)7-16/h2-3,6,10,16H,4-5,7-8H2,1H3,(H2,14,18). The van der Waals surface area contributed by atoms with Crippen molar-refractivity contribution in [2.45, 2.75) is 13.0 Å². The summed E-state index contributed by atoms with van der Waals surface area (Å²) in [5.41, 5.74) is 8.76. The van der Waals surface area contributed by atoms with Gasteiger partial charge in [0.05, 0.1) is 25.9 Å². The van der Waals surface area contributed by atoms with Crippen LogP contribution in [0.4, 0.5) is 5.69 Å². The number of hydrogen-bond acceptors (Lipinski definition) is 4. The third-order valence-corrected chi connectivity index (χ3v) is 3.39. The lowest BCUT2D eigenvalue weighted by Gasteiger charge is -2.37. The molecule has 0 aliphatic carbocycles. The molecule has 0 radical (unpaired) electrons. The van der Waals surface area contributed by atoms with Crippen LogP contribution >= 0.6 is 12.2 Å². The van der Waals surface area contributed by atoms with Crippen LogP contribution in [0.3, 0.4) is 0 Å². The molecule has 1 atom stereocenters. The van der Waals surface area contributed by atoms with Gasteiger partial charge in [0.2, 0.25) is 0 Å². The van der Waals surface area contributed by atoms with E-state index in [2.05, 4.69) is 4.90 Å². The second kappa shape index (κ2) is 5.65. The van der Waals surface area contributed by atoms with Gasteiger partial charge in [-0.15, -0.1) is 0 Å². The first kappa shape index (κ1) is 13.3. The fraction of sp³-hybridized carbons (Fsp3) is 0.462. The monoisotopic (exact) mass is 266 g/mol. The molecule has 1 aromatic rings. The molecule has 5 heteroatoms. The van der Waals surface area contributed by atoms with Crippen LogP contribution in [-0.4, -0.2) is 42.5 Å². The molecule has 18 heavy (non-hydrogen) atoms. The van der Waals surface area contributed by atoms with Gasteiger partial charge >= 0.3 is 0 Å². The number of nitrogens with zero attached hydrogens (tertiary/aromatic N) is 1. The van der Waals surface area contributed by atoms with Gasteiger partial charge in [-0.2, -0.15) is 0 Å². The molecule has 1 aliphatic rings. The molecule has 1 unspecified atom stereocenters. The number of nitrogens with two attached hydrogens (primary N) is 1. The van der Waals surface area contributed by atoms with Gasteiger partial charge < -0.3 is 20.5 Å². The molecule has 0 spiro atoms. The highest BCUT2D eigenvalue weighted by Crippen LogP contribution is 2.25. The minimum atomic E-state index is -0.0328. The van der Waals surface area contributed by atoms with Crippen molar-refractivity contribution < 1.29 is 9.84 Å². The SMILES string of the molecule is Cc1ccc(N2CCOCC2CO)c(C(N)=S)c1. The molecule has 1 heterocycles. The van der Waals surface area contributed by atoms with Gasteiger partial charge in [0, 0.05) is 17.8 Å². The molecule has 0 bridgehead atoms. The van der Waals surface area contributed by atoms with Crippen LogP contribution in [-0.2, 0) is 4.74 Å². The maximum absolute atomic E-state index is 9.42. The van der Waals surface area contributed by atoms with E-state index in [1.807, 2.05) is 25.1 Å². The summed E-state index contributed by atoms with van der Waals surface area (Å²) in [6.45, 7) is 3.99. The van der Waals surface area contributed by atoms with Crippen molar-refractivity contribution in [3.63, 3.8) is 0 Å². The molecule has 4 nitrogen and oxygen atoms in total. The maximum atomic E-state index is 9.42. The van der Waals surface area contributed by atoms with E-state index >= 15 is 0 Å². The van der Waals surface area contributed by atoms with Crippen LogP contribution in [0.1, 0.15) is 11.1 Å². The number of thiocarbonyl (C=S) groups is 1.